The van der Waals surface area contributed by atoms with Crippen molar-refractivity contribution in [1.82, 2.24) is 5.32 Å². The smallest absolute Gasteiger partial charge is 0.0717 e. The van der Waals surface area contributed by atoms with Crippen LogP contribution in [0.1, 0.15) is 38.2 Å². The molecule has 1 saturated carbocycles. The number of hydrogen-bond acceptors (Lipinski definition) is 2. The second-order valence-electron chi connectivity index (χ2n) is 5.51. The van der Waals surface area contributed by atoms with Crippen LogP contribution >= 0.6 is 0 Å². The second-order valence-corrected chi connectivity index (χ2v) is 5.51. The van der Waals surface area contributed by atoms with E-state index in [1.165, 1.54) is 31.2 Å². The number of hydrogen-bond donors (Lipinski definition) is 1. The minimum atomic E-state index is 0.421. The summed E-state index contributed by atoms with van der Waals surface area (Å²) in [4.78, 5) is 0. The lowest BCUT2D eigenvalue weighted by Gasteiger charge is -2.42. The molecule has 0 atom stereocenters. The fraction of sp³-hybridized carbons (Fsp3) is 0.625. The Morgan fingerprint density at radius 1 is 1.22 bits per heavy atom. The molecule has 1 aromatic rings. The van der Waals surface area contributed by atoms with Gasteiger partial charge < -0.3 is 10.1 Å². The fourth-order valence-corrected chi connectivity index (χ4v) is 2.54. The molecule has 1 aromatic carbocycles. The highest BCUT2D eigenvalue weighted by atomic mass is 16.5. The van der Waals surface area contributed by atoms with Gasteiger partial charge in [0.05, 0.1) is 13.2 Å². The lowest BCUT2D eigenvalue weighted by molar-refractivity contribution is -0.0128. The van der Waals surface area contributed by atoms with E-state index in [-0.39, 0.29) is 0 Å². The summed E-state index contributed by atoms with van der Waals surface area (Å²) in [6, 6.07) is 10.4. The quantitative estimate of drug-likeness (QED) is 0.711. The van der Waals surface area contributed by atoms with Crippen LogP contribution in [0.25, 0.3) is 0 Å². The summed E-state index contributed by atoms with van der Waals surface area (Å²) in [7, 11) is 0. The van der Waals surface area contributed by atoms with Gasteiger partial charge in [-0.1, -0.05) is 43.7 Å². The molecule has 0 unspecified atom stereocenters. The van der Waals surface area contributed by atoms with Crippen LogP contribution in [-0.2, 0) is 11.3 Å². The summed E-state index contributed by atoms with van der Waals surface area (Å²) in [6.45, 7) is 6.11. The van der Waals surface area contributed by atoms with Gasteiger partial charge in [0, 0.05) is 12.0 Å². The van der Waals surface area contributed by atoms with Crippen molar-refractivity contribution in [2.45, 2.75) is 39.2 Å². The molecule has 1 aliphatic carbocycles. The van der Waals surface area contributed by atoms with Gasteiger partial charge in [-0.05, 0) is 31.4 Å². The van der Waals surface area contributed by atoms with E-state index in [1.54, 1.807) is 0 Å². The largest absolute Gasteiger partial charge is 0.376 e. The maximum Gasteiger partial charge on any atom is 0.0717 e. The Bertz CT molecular complexity index is 332. The summed E-state index contributed by atoms with van der Waals surface area (Å²) in [5.74, 6) is 0. The first-order valence-corrected chi connectivity index (χ1v) is 7.17. The van der Waals surface area contributed by atoms with Gasteiger partial charge in [0.15, 0.2) is 0 Å². The van der Waals surface area contributed by atoms with Gasteiger partial charge in [-0.15, -0.1) is 0 Å². The monoisotopic (exact) mass is 247 g/mol. The third-order valence-electron chi connectivity index (χ3n) is 3.86. The Kier molecular flexibility index (Phi) is 5.21. The van der Waals surface area contributed by atoms with Crippen LogP contribution in [0.2, 0.25) is 0 Å². The third kappa shape index (κ3) is 3.82. The first kappa shape index (κ1) is 13.6. The molecule has 0 saturated heterocycles. The molecule has 0 heterocycles. The Hall–Kier alpha value is -0.860. The molecule has 2 heteroatoms. The van der Waals surface area contributed by atoms with E-state index in [4.69, 9.17) is 4.74 Å². The molecule has 100 valence electrons. The molecule has 0 spiro atoms. The van der Waals surface area contributed by atoms with Crippen molar-refractivity contribution >= 4 is 0 Å². The number of ether oxygens (including phenoxy) is 1. The highest BCUT2D eigenvalue weighted by molar-refractivity contribution is 5.13. The molecule has 2 nitrogen and oxygen atoms in total. The topological polar surface area (TPSA) is 21.3 Å². The highest BCUT2D eigenvalue weighted by Gasteiger charge is 2.36. The van der Waals surface area contributed by atoms with Crippen molar-refractivity contribution in [1.29, 1.82) is 0 Å². The zero-order valence-electron chi connectivity index (χ0n) is 11.5. The predicted octanol–water partition coefficient (Wildman–Crippen LogP) is 3.37. The van der Waals surface area contributed by atoms with Crippen molar-refractivity contribution in [3.63, 3.8) is 0 Å². The molecule has 2 rings (SSSR count). The van der Waals surface area contributed by atoms with Crippen LogP contribution in [0.15, 0.2) is 30.3 Å². The van der Waals surface area contributed by atoms with Gasteiger partial charge in [-0.2, -0.15) is 0 Å². The molecule has 1 fully saturated rings. The molecular formula is C16H25NO. The van der Waals surface area contributed by atoms with E-state index in [0.717, 1.165) is 26.3 Å². The maximum absolute atomic E-state index is 5.92. The van der Waals surface area contributed by atoms with Gasteiger partial charge in [0.2, 0.25) is 0 Å². The van der Waals surface area contributed by atoms with Crippen molar-refractivity contribution in [3.05, 3.63) is 35.9 Å². The van der Waals surface area contributed by atoms with E-state index in [9.17, 15) is 0 Å². The van der Waals surface area contributed by atoms with Crippen LogP contribution < -0.4 is 5.32 Å². The van der Waals surface area contributed by atoms with Crippen molar-refractivity contribution in [2.24, 2.45) is 5.41 Å². The van der Waals surface area contributed by atoms with E-state index < -0.39 is 0 Å². The lowest BCUT2D eigenvalue weighted by atomic mass is 9.69. The summed E-state index contributed by atoms with van der Waals surface area (Å²) < 4.78 is 5.92. The van der Waals surface area contributed by atoms with Gasteiger partial charge in [0.1, 0.15) is 0 Å². The van der Waals surface area contributed by atoms with E-state index in [0.29, 0.717) is 5.41 Å². The molecule has 1 aliphatic rings. The molecule has 1 N–H and O–H groups in total. The van der Waals surface area contributed by atoms with Gasteiger partial charge in [-0.25, -0.2) is 0 Å². The fourth-order valence-electron chi connectivity index (χ4n) is 2.54. The average molecular weight is 247 g/mol. The minimum absolute atomic E-state index is 0.421. The third-order valence-corrected chi connectivity index (χ3v) is 3.86. The molecule has 18 heavy (non-hydrogen) atoms. The zero-order chi connectivity index (χ0) is 12.7. The van der Waals surface area contributed by atoms with Gasteiger partial charge >= 0.3 is 0 Å². The normalized spacial score (nSPS) is 17.4. The zero-order valence-corrected chi connectivity index (χ0v) is 11.5. The average Bonchev–Trinajstić information content (AvgIpc) is 2.36. The van der Waals surface area contributed by atoms with E-state index in [1.807, 2.05) is 6.07 Å². The summed E-state index contributed by atoms with van der Waals surface area (Å²) in [5, 5.41) is 3.55. The predicted molar refractivity (Wildman–Crippen MR) is 75.5 cm³/mol. The Labute approximate surface area is 111 Å². The highest BCUT2D eigenvalue weighted by Crippen LogP contribution is 2.40. The van der Waals surface area contributed by atoms with Crippen molar-refractivity contribution in [2.75, 3.05) is 19.7 Å². The Morgan fingerprint density at radius 3 is 2.61 bits per heavy atom. The number of nitrogens with one attached hydrogen (secondary N) is 1. The van der Waals surface area contributed by atoms with Gasteiger partial charge in [-0.3, -0.25) is 0 Å². The molecule has 0 aliphatic heterocycles. The number of rotatable bonds is 8. The Balaban J connectivity index is 1.70. The lowest BCUT2D eigenvalue weighted by Crippen LogP contribution is -2.43. The van der Waals surface area contributed by atoms with E-state index in [2.05, 4.69) is 36.5 Å². The van der Waals surface area contributed by atoms with Crippen LogP contribution in [0.4, 0.5) is 0 Å². The standard InChI is InChI=1S/C16H25NO/c1-2-11-17-13-16(9-6-10-16)14-18-12-15-7-4-3-5-8-15/h3-5,7-8,17H,2,6,9-14H2,1H3. The molecule has 0 amide bonds. The van der Waals surface area contributed by atoms with E-state index >= 15 is 0 Å². The van der Waals surface area contributed by atoms with Crippen LogP contribution in [0, 0.1) is 5.41 Å². The number of benzene rings is 1. The molecule has 0 radical (unpaired) electrons. The van der Waals surface area contributed by atoms with Gasteiger partial charge in [0.25, 0.3) is 0 Å². The second kappa shape index (κ2) is 6.91. The molecule has 0 aromatic heterocycles. The first-order valence-electron chi connectivity index (χ1n) is 7.17. The first-order chi connectivity index (χ1) is 8.85. The van der Waals surface area contributed by atoms with Crippen LogP contribution in [-0.4, -0.2) is 19.7 Å². The molecule has 0 bridgehead atoms. The molecular weight excluding hydrogens is 222 g/mol. The van der Waals surface area contributed by atoms with Crippen molar-refractivity contribution in [3.8, 4) is 0 Å². The summed E-state index contributed by atoms with van der Waals surface area (Å²) in [5.41, 5.74) is 1.69. The van der Waals surface area contributed by atoms with Crippen LogP contribution in [0.5, 0.6) is 0 Å². The summed E-state index contributed by atoms with van der Waals surface area (Å²) in [6.07, 6.45) is 5.21. The SMILES string of the molecule is CCCNCC1(COCc2ccccc2)CCC1. The summed E-state index contributed by atoms with van der Waals surface area (Å²) >= 11 is 0. The minimum Gasteiger partial charge on any atom is -0.376 e. The van der Waals surface area contributed by atoms with Crippen molar-refractivity contribution < 1.29 is 4.74 Å². The maximum atomic E-state index is 5.92. The van der Waals surface area contributed by atoms with Crippen LogP contribution in [0.3, 0.4) is 0 Å². The Morgan fingerprint density at radius 2 is 2.00 bits per heavy atom.